The lowest BCUT2D eigenvalue weighted by molar-refractivity contribution is 0.0535. The zero-order valence-electron chi connectivity index (χ0n) is 7.20. The molecule has 4 heteroatoms. The molecule has 0 aliphatic rings. The molecule has 1 unspecified atom stereocenters. The molecule has 0 aromatic carbocycles. The monoisotopic (exact) mass is 161 g/mol. The van der Waals surface area contributed by atoms with Gasteiger partial charge in [-0.2, -0.15) is 0 Å². The normalized spacial score (nSPS) is 12.4. The van der Waals surface area contributed by atoms with E-state index in [4.69, 9.17) is 9.84 Å². The highest BCUT2D eigenvalue weighted by molar-refractivity contribution is 5.66. The lowest BCUT2D eigenvalue weighted by atomic mass is 10.3. The Morgan fingerprint density at radius 1 is 1.64 bits per heavy atom. The second-order valence-electron chi connectivity index (χ2n) is 2.53. The summed E-state index contributed by atoms with van der Waals surface area (Å²) in [4.78, 5) is 12.1. The van der Waals surface area contributed by atoms with E-state index in [-0.39, 0.29) is 6.61 Å². The Bertz CT molecular complexity index is 125. The first kappa shape index (κ1) is 10.2. The Balaban J connectivity index is 3.46. The summed E-state index contributed by atoms with van der Waals surface area (Å²) in [5.74, 6) is 0. The van der Waals surface area contributed by atoms with Gasteiger partial charge in [-0.15, -0.1) is 0 Å². The Morgan fingerprint density at radius 2 is 2.18 bits per heavy atom. The molecule has 11 heavy (non-hydrogen) atoms. The fourth-order valence-corrected chi connectivity index (χ4v) is 0.414. The lowest BCUT2D eigenvalue weighted by Crippen LogP contribution is -2.26. The van der Waals surface area contributed by atoms with Gasteiger partial charge in [0.25, 0.3) is 0 Å². The molecule has 0 bridgehead atoms. The van der Waals surface area contributed by atoms with Crippen LogP contribution in [0.15, 0.2) is 0 Å². The van der Waals surface area contributed by atoms with E-state index in [0.29, 0.717) is 6.42 Å². The maximum atomic E-state index is 10.8. The van der Waals surface area contributed by atoms with Crippen molar-refractivity contribution in [2.75, 3.05) is 20.7 Å². The van der Waals surface area contributed by atoms with Crippen LogP contribution in [0.3, 0.4) is 0 Å². The van der Waals surface area contributed by atoms with Crippen LogP contribution in [0.2, 0.25) is 0 Å². The van der Waals surface area contributed by atoms with Gasteiger partial charge in [-0.1, -0.05) is 6.92 Å². The van der Waals surface area contributed by atoms with E-state index in [1.54, 1.807) is 14.1 Å². The van der Waals surface area contributed by atoms with Crippen molar-refractivity contribution in [1.29, 1.82) is 0 Å². The summed E-state index contributed by atoms with van der Waals surface area (Å²) in [7, 11) is 3.20. The van der Waals surface area contributed by atoms with Crippen LogP contribution in [0.25, 0.3) is 0 Å². The minimum absolute atomic E-state index is 0.0769. The fraction of sp³-hybridized carbons (Fsp3) is 0.857. The molecule has 1 atom stereocenters. The van der Waals surface area contributed by atoms with Crippen molar-refractivity contribution in [3.63, 3.8) is 0 Å². The van der Waals surface area contributed by atoms with Crippen LogP contribution in [-0.2, 0) is 4.74 Å². The molecule has 1 N–H and O–H groups in total. The van der Waals surface area contributed by atoms with E-state index in [1.165, 1.54) is 4.90 Å². The number of aliphatic hydroxyl groups excluding tert-OH is 1. The number of nitrogens with zero attached hydrogens (tertiary/aromatic N) is 1. The SMILES string of the molecule is CCC(O)COC(=O)N(C)C. The number of hydrogen-bond acceptors (Lipinski definition) is 3. The summed E-state index contributed by atoms with van der Waals surface area (Å²) in [5, 5.41) is 8.99. The Morgan fingerprint density at radius 3 is 2.55 bits per heavy atom. The third kappa shape index (κ3) is 4.61. The van der Waals surface area contributed by atoms with Crippen molar-refractivity contribution in [3.05, 3.63) is 0 Å². The van der Waals surface area contributed by atoms with Crippen LogP contribution in [0, 0.1) is 0 Å². The van der Waals surface area contributed by atoms with E-state index >= 15 is 0 Å². The predicted octanol–water partition coefficient (Wildman–Crippen LogP) is 0.456. The van der Waals surface area contributed by atoms with Gasteiger partial charge < -0.3 is 14.7 Å². The molecular weight excluding hydrogens is 146 g/mol. The van der Waals surface area contributed by atoms with Crippen LogP contribution >= 0.6 is 0 Å². The molecule has 1 amide bonds. The molecule has 4 nitrogen and oxygen atoms in total. The first-order valence-corrected chi connectivity index (χ1v) is 3.60. The topological polar surface area (TPSA) is 49.8 Å². The first-order valence-electron chi connectivity index (χ1n) is 3.60. The number of hydrogen-bond donors (Lipinski definition) is 1. The van der Waals surface area contributed by atoms with Crippen molar-refractivity contribution in [3.8, 4) is 0 Å². The van der Waals surface area contributed by atoms with Crippen LogP contribution in [0.4, 0.5) is 4.79 Å². The van der Waals surface area contributed by atoms with Gasteiger partial charge in [0.2, 0.25) is 0 Å². The number of carbonyl (C=O) groups excluding carboxylic acids is 1. The molecular formula is C7H15NO3. The number of rotatable bonds is 3. The Labute approximate surface area is 66.8 Å². The van der Waals surface area contributed by atoms with Gasteiger partial charge >= 0.3 is 6.09 Å². The molecule has 0 saturated heterocycles. The Kier molecular flexibility index (Phi) is 4.61. The third-order valence-corrected chi connectivity index (χ3v) is 1.24. The third-order valence-electron chi connectivity index (χ3n) is 1.24. The zero-order chi connectivity index (χ0) is 8.85. The van der Waals surface area contributed by atoms with Crippen molar-refractivity contribution < 1.29 is 14.6 Å². The summed E-state index contributed by atoms with van der Waals surface area (Å²) >= 11 is 0. The summed E-state index contributed by atoms with van der Waals surface area (Å²) in [5.41, 5.74) is 0. The summed E-state index contributed by atoms with van der Waals surface area (Å²) in [6.07, 6.45) is -0.364. The van der Waals surface area contributed by atoms with Crippen LogP contribution in [0.5, 0.6) is 0 Å². The van der Waals surface area contributed by atoms with Gasteiger partial charge in [0.1, 0.15) is 6.61 Å². The van der Waals surface area contributed by atoms with E-state index in [1.807, 2.05) is 6.92 Å². The molecule has 0 rings (SSSR count). The van der Waals surface area contributed by atoms with Gasteiger partial charge in [0, 0.05) is 14.1 Å². The highest BCUT2D eigenvalue weighted by Crippen LogP contribution is 1.93. The standard InChI is InChI=1S/C7H15NO3/c1-4-6(9)5-11-7(10)8(2)3/h6,9H,4-5H2,1-3H3. The lowest BCUT2D eigenvalue weighted by Gasteiger charge is -2.12. The molecule has 0 fully saturated rings. The van der Waals surface area contributed by atoms with Crippen LogP contribution in [-0.4, -0.2) is 42.9 Å². The minimum Gasteiger partial charge on any atom is -0.447 e. The van der Waals surface area contributed by atoms with E-state index < -0.39 is 12.2 Å². The van der Waals surface area contributed by atoms with E-state index in [0.717, 1.165) is 0 Å². The van der Waals surface area contributed by atoms with Crippen LogP contribution < -0.4 is 0 Å². The number of carbonyl (C=O) groups is 1. The average Bonchev–Trinajstić information content (AvgIpc) is 1.99. The largest absolute Gasteiger partial charge is 0.447 e. The molecule has 0 aromatic rings. The maximum absolute atomic E-state index is 10.8. The van der Waals surface area contributed by atoms with Gasteiger partial charge in [0.15, 0.2) is 0 Å². The number of amides is 1. The summed E-state index contributed by atoms with van der Waals surface area (Å²) in [6.45, 7) is 1.90. The van der Waals surface area contributed by atoms with Gasteiger partial charge in [0.05, 0.1) is 6.10 Å². The fourth-order valence-electron chi connectivity index (χ4n) is 0.414. The van der Waals surface area contributed by atoms with Gasteiger partial charge in [-0.05, 0) is 6.42 Å². The molecule has 0 aromatic heterocycles. The minimum atomic E-state index is -0.543. The van der Waals surface area contributed by atoms with Crippen LogP contribution in [0.1, 0.15) is 13.3 Å². The molecule has 0 saturated carbocycles. The van der Waals surface area contributed by atoms with E-state index in [2.05, 4.69) is 0 Å². The van der Waals surface area contributed by atoms with Crippen molar-refractivity contribution in [2.45, 2.75) is 19.4 Å². The van der Waals surface area contributed by atoms with Gasteiger partial charge in [-0.3, -0.25) is 0 Å². The van der Waals surface area contributed by atoms with Crippen molar-refractivity contribution in [2.24, 2.45) is 0 Å². The van der Waals surface area contributed by atoms with Crippen molar-refractivity contribution in [1.82, 2.24) is 4.90 Å². The Hall–Kier alpha value is -0.770. The second-order valence-corrected chi connectivity index (χ2v) is 2.53. The highest BCUT2D eigenvalue weighted by Gasteiger charge is 2.07. The highest BCUT2D eigenvalue weighted by atomic mass is 16.6. The molecule has 0 aliphatic carbocycles. The molecule has 0 aliphatic heterocycles. The van der Waals surface area contributed by atoms with Gasteiger partial charge in [-0.25, -0.2) is 4.79 Å². The zero-order valence-corrected chi connectivity index (χ0v) is 7.20. The molecule has 66 valence electrons. The second kappa shape index (κ2) is 4.96. The molecule has 0 spiro atoms. The smallest absolute Gasteiger partial charge is 0.409 e. The first-order chi connectivity index (χ1) is 5.07. The average molecular weight is 161 g/mol. The molecule has 0 heterocycles. The van der Waals surface area contributed by atoms with Crippen molar-refractivity contribution >= 4 is 6.09 Å². The molecule has 0 radical (unpaired) electrons. The van der Waals surface area contributed by atoms with E-state index in [9.17, 15) is 4.79 Å². The summed E-state index contributed by atoms with van der Waals surface area (Å²) in [6, 6.07) is 0. The summed E-state index contributed by atoms with van der Waals surface area (Å²) < 4.78 is 4.69. The number of ether oxygens (including phenoxy) is 1. The quantitative estimate of drug-likeness (QED) is 0.654. The maximum Gasteiger partial charge on any atom is 0.409 e. The number of aliphatic hydroxyl groups is 1. The predicted molar refractivity (Wildman–Crippen MR) is 41.3 cm³/mol.